The highest BCUT2D eigenvalue weighted by molar-refractivity contribution is 5.78. The van der Waals surface area contributed by atoms with Crippen LogP contribution >= 0.6 is 0 Å². The number of likely N-dealkylation sites (N-methyl/N-ethyl adjacent to an activating group) is 1. The van der Waals surface area contributed by atoms with Crippen molar-refractivity contribution in [3.05, 3.63) is 89.9 Å². The molecule has 38 heavy (non-hydrogen) atoms. The van der Waals surface area contributed by atoms with Crippen LogP contribution in [0.25, 0.3) is 5.65 Å². The zero-order valence-electron chi connectivity index (χ0n) is 21.6. The Kier molecular flexibility index (Phi) is 6.88. The number of nitrogens with zero attached hydrogens (tertiary/aromatic N) is 4. The van der Waals surface area contributed by atoms with Gasteiger partial charge in [0.25, 0.3) is 0 Å². The van der Waals surface area contributed by atoms with Crippen LogP contribution in [-0.4, -0.2) is 64.6 Å². The summed E-state index contributed by atoms with van der Waals surface area (Å²) in [5, 5.41) is 0. The monoisotopic (exact) mass is 512 g/mol. The lowest BCUT2D eigenvalue weighted by atomic mass is 9.91. The molecule has 2 aromatic carbocycles. The van der Waals surface area contributed by atoms with Gasteiger partial charge in [-0.15, -0.1) is 0 Å². The molecule has 4 aromatic rings. The average Bonchev–Trinajstić information content (AvgIpc) is 3.62. The number of hydrogen-bond acceptors (Lipinski definition) is 6. The fourth-order valence-corrected chi connectivity index (χ4v) is 5.25. The molecular weight excluding hydrogens is 480 g/mol. The van der Waals surface area contributed by atoms with Gasteiger partial charge in [0.1, 0.15) is 6.61 Å². The van der Waals surface area contributed by atoms with Gasteiger partial charge in [-0.05, 0) is 41.9 Å². The molecule has 8 nitrogen and oxygen atoms in total. The van der Waals surface area contributed by atoms with Gasteiger partial charge in [0.2, 0.25) is 12.7 Å². The Morgan fingerprint density at radius 2 is 1.82 bits per heavy atom. The van der Waals surface area contributed by atoms with Crippen molar-refractivity contribution in [1.82, 2.24) is 19.2 Å². The van der Waals surface area contributed by atoms with Crippen molar-refractivity contribution < 1.29 is 19.0 Å². The fraction of sp³-hybridized carbons (Fsp3) is 0.333. The molecule has 0 spiro atoms. The minimum absolute atomic E-state index is 0.148. The topological polar surface area (TPSA) is 68.5 Å². The first-order chi connectivity index (χ1) is 18.7. The zero-order chi connectivity index (χ0) is 25.9. The first-order valence-electron chi connectivity index (χ1n) is 13.2. The van der Waals surface area contributed by atoms with E-state index in [2.05, 4.69) is 11.8 Å². The number of aromatic nitrogens is 2. The van der Waals surface area contributed by atoms with Gasteiger partial charge < -0.3 is 28.4 Å². The third kappa shape index (κ3) is 4.91. The summed E-state index contributed by atoms with van der Waals surface area (Å²) >= 11 is 0. The number of hydrogen-bond donors (Lipinski definition) is 0. The Morgan fingerprint density at radius 1 is 1.00 bits per heavy atom. The lowest BCUT2D eigenvalue weighted by Gasteiger charge is -2.34. The molecule has 0 saturated carbocycles. The predicted octanol–water partition coefficient (Wildman–Crippen LogP) is 4.33. The molecule has 0 radical (unpaired) electrons. The SMILES string of the molecule is CCN1CCN(C(=O)CC(c2ccc3c(c2)OCO3)c2cnc3c(OCc4ccccc4)cccn23)CC1. The maximum Gasteiger partial charge on any atom is 0.231 e. The third-order valence-electron chi connectivity index (χ3n) is 7.47. The van der Waals surface area contributed by atoms with E-state index in [1.165, 1.54) is 0 Å². The number of fused-ring (bicyclic) bond motifs is 2. The van der Waals surface area contributed by atoms with E-state index in [4.69, 9.17) is 19.2 Å². The number of amides is 1. The van der Waals surface area contributed by atoms with Crippen LogP contribution in [0.1, 0.15) is 36.1 Å². The van der Waals surface area contributed by atoms with Gasteiger partial charge in [0, 0.05) is 50.9 Å². The van der Waals surface area contributed by atoms with Crippen LogP contribution in [0.2, 0.25) is 0 Å². The van der Waals surface area contributed by atoms with Crippen molar-refractivity contribution >= 4 is 11.6 Å². The number of imidazole rings is 1. The summed E-state index contributed by atoms with van der Waals surface area (Å²) in [5.41, 5.74) is 3.75. The van der Waals surface area contributed by atoms with Crippen molar-refractivity contribution in [2.45, 2.75) is 25.9 Å². The number of carbonyl (C=O) groups is 1. The van der Waals surface area contributed by atoms with Crippen LogP contribution in [0.15, 0.2) is 73.1 Å². The van der Waals surface area contributed by atoms with Gasteiger partial charge in [0.15, 0.2) is 22.9 Å². The highest BCUT2D eigenvalue weighted by Gasteiger charge is 2.28. The summed E-state index contributed by atoms with van der Waals surface area (Å²) in [4.78, 5) is 22.7. The summed E-state index contributed by atoms with van der Waals surface area (Å²) in [5.74, 6) is 2.07. The Morgan fingerprint density at radius 3 is 2.63 bits per heavy atom. The first-order valence-corrected chi connectivity index (χ1v) is 13.2. The molecule has 1 amide bonds. The highest BCUT2D eigenvalue weighted by atomic mass is 16.7. The van der Waals surface area contributed by atoms with Gasteiger partial charge in [-0.1, -0.05) is 43.3 Å². The number of benzene rings is 2. The number of piperazine rings is 1. The largest absolute Gasteiger partial charge is 0.485 e. The summed E-state index contributed by atoms with van der Waals surface area (Å²) in [6.07, 6.45) is 4.19. The maximum absolute atomic E-state index is 13.6. The highest BCUT2D eigenvalue weighted by Crippen LogP contribution is 2.38. The Balaban J connectivity index is 1.31. The van der Waals surface area contributed by atoms with E-state index in [0.717, 1.165) is 60.9 Å². The van der Waals surface area contributed by atoms with Gasteiger partial charge in [-0.3, -0.25) is 4.79 Å². The molecule has 1 fully saturated rings. The van der Waals surface area contributed by atoms with Gasteiger partial charge in [-0.2, -0.15) is 0 Å². The van der Waals surface area contributed by atoms with E-state index in [1.54, 1.807) is 0 Å². The molecule has 1 unspecified atom stereocenters. The molecule has 2 aliphatic rings. The minimum atomic E-state index is -0.208. The zero-order valence-corrected chi connectivity index (χ0v) is 21.6. The summed E-state index contributed by atoms with van der Waals surface area (Å²) in [6, 6.07) is 19.9. The van der Waals surface area contributed by atoms with Crippen LogP contribution in [0.5, 0.6) is 17.2 Å². The third-order valence-corrected chi connectivity index (χ3v) is 7.47. The van der Waals surface area contributed by atoms with Crippen LogP contribution in [0, 0.1) is 0 Å². The van der Waals surface area contributed by atoms with Crippen molar-refractivity contribution in [3.8, 4) is 17.2 Å². The number of pyridine rings is 1. The summed E-state index contributed by atoms with van der Waals surface area (Å²) < 4.78 is 19.4. The van der Waals surface area contributed by atoms with E-state index < -0.39 is 0 Å². The molecule has 6 rings (SSSR count). The van der Waals surface area contributed by atoms with E-state index in [-0.39, 0.29) is 18.6 Å². The maximum atomic E-state index is 13.6. The molecule has 4 heterocycles. The Hall–Kier alpha value is -4.04. The lowest BCUT2D eigenvalue weighted by Crippen LogP contribution is -2.48. The van der Waals surface area contributed by atoms with Gasteiger partial charge >= 0.3 is 0 Å². The van der Waals surface area contributed by atoms with Crippen molar-refractivity contribution in [2.24, 2.45) is 0 Å². The molecular formula is C30H32N4O4. The molecule has 1 saturated heterocycles. The molecule has 8 heteroatoms. The molecule has 1 atom stereocenters. The summed E-state index contributed by atoms with van der Waals surface area (Å²) in [7, 11) is 0. The van der Waals surface area contributed by atoms with E-state index in [9.17, 15) is 4.79 Å². The Bertz CT molecular complexity index is 1410. The second kappa shape index (κ2) is 10.8. The molecule has 0 aliphatic carbocycles. The number of rotatable bonds is 8. The van der Waals surface area contributed by atoms with E-state index >= 15 is 0 Å². The summed E-state index contributed by atoms with van der Waals surface area (Å²) in [6.45, 7) is 7.17. The van der Waals surface area contributed by atoms with Gasteiger partial charge in [0.05, 0.1) is 5.69 Å². The van der Waals surface area contributed by atoms with Crippen LogP contribution in [0.3, 0.4) is 0 Å². The first kappa shape index (κ1) is 24.3. The average molecular weight is 513 g/mol. The smallest absolute Gasteiger partial charge is 0.231 e. The fourth-order valence-electron chi connectivity index (χ4n) is 5.25. The normalized spacial score (nSPS) is 16.1. The molecule has 0 bridgehead atoms. The van der Waals surface area contributed by atoms with E-state index in [1.807, 2.05) is 82.4 Å². The molecule has 2 aromatic heterocycles. The van der Waals surface area contributed by atoms with Crippen LogP contribution < -0.4 is 14.2 Å². The standard InChI is InChI=1S/C30H32N4O4/c1-2-32-13-15-33(16-14-32)29(35)18-24(23-10-11-26-28(17-23)38-21-37-26)25-19-31-30-27(9-6-12-34(25)30)36-20-22-7-4-3-5-8-22/h3-12,17,19,24H,2,13-16,18,20-21H2,1H3. The van der Waals surface area contributed by atoms with Crippen LogP contribution in [-0.2, 0) is 11.4 Å². The second-order valence-electron chi connectivity index (χ2n) is 9.71. The van der Waals surface area contributed by atoms with Crippen molar-refractivity contribution in [3.63, 3.8) is 0 Å². The van der Waals surface area contributed by atoms with Crippen molar-refractivity contribution in [1.29, 1.82) is 0 Å². The quantitative estimate of drug-likeness (QED) is 0.350. The molecule has 196 valence electrons. The Labute approximate surface area is 222 Å². The molecule has 0 N–H and O–H groups in total. The van der Waals surface area contributed by atoms with E-state index in [0.29, 0.717) is 24.5 Å². The number of carbonyl (C=O) groups excluding carboxylic acids is 1. The number of ether oxygens (including phenoxy) is 3. The molecule has 2 aliphatic heterocycles. The predicted molar refractivity (Wildman–Crippen MR) is 144 cm³/mol. The lowest BCUT2D eigenvalue weighted by molar-refractivity contribution is -0.133. The van der Waals surface area contributed by atoms with Gasteiger partial charge in [-0.25, -0.2) is 4.98 Å². The minimum Gasteiger partial charge on any atom is -0.485 e. The van der Waals surface area contributed by atoms with Crippen molar-refractivity contribution in [2.75, 3.05) is 39.5 Å². The van der Waals surface area contributed by atoms with Crippen LogP contribution in [0.4, 0.5) is 0 Å². The second-order valence-corrected chi connectivity index (χ2v) is 9.71.